The van der Waals surface area contributed by atoms with E-state index in [1.54, 1.807) is 24.3 Å². The molecule has 11 heteroatoms. The fourth-order valence-electron chi connectivity index (χ4n) is 3.03. The lowest BCUT2D eigenvalue weighted by molar-refractivity contribution is -0.274. The van der Waals surface area contributed by atoms with Crippen molar-refractivity contribution in [1.82, 2.24) is 9.97 Å². The molecule has 34 heavy (non-hydrogen) atoms. The van der Waals surface area contributed by atoms with Crippen molar-refractivity contribution in [2.75, 3.05) is 23.0 Å². The lowest BCUT2D eigenvalue weighted by atomic mass is 10.1. The van der Waals surface area contributed by atoms with E-state index in [1.807, 2.05) is 13.8 Å². The second-order valence-electron chi connectivity index (χ2n) is 7.79. The highest BCUT2D eigenvalue weighted by atomic mass is 19.4. The highest BCUT2D eigenvalue weighted by molar-refractivity contribution is 6.04. The third kappa shape index (κ3) is 6.82. The molecule has 3 rings (SSSR count). The summed E-state index contributed by atoms with van der Waals surface area (Å²) < 4.78 is 42.0. The highest BCUT2D eigenvalue weighted by Crippen LogP contribution is 2.29. The van der Waals surface area contributed by atoms with Gasteiger partial charge in [0.05, 0.1) is 18.3 Å². The van der Waals surface area contributed by atoms with Gasteiger partial charge in [-0.2, -0.15) is 4.98 Å². The van der Waals surface area contributed by atoms with E-state index >= 15 is 0 Å². The summed E-state index contributed by atoms with van der Waals surface area (Å²) in [5.41, 5.74) is 6.97. The molecule has 0 unspecified atom stereocenters. The number of amides is 1. The molecule has 8 nitrogen and oxygen atoms in total. The molecule has 2 aromatic carbocycles. The van der Waals surface area contributed by atoms with Gasteiger partial charge in [0, 0.05) is 22.9 Å². The van der Waals surface area contributed by atoms with E-state index in [2.05, 4.69) is 25.3 Å². The van der Waals surface area contributed by atoms with Crippen LogP contribution in [0.3, 0.4) is 0 Å². The number of aliphatic hydroxyl groups excluding tert-OH is 1. The molecule has 5 N–H and O–H groups in total. The van der Waals surface area contributed by atoms with Gasteiger partial charge in [-0.25, -0.2) is 4.98 Å². The average molecular weight is 475 g/mol. The van der Waals surface area contributed by atoms with Crippen LogP contribution in [0.4, 0.5) is 30.6 Å². The number of aromatic nitrogens is 2. The van der Waals surface area contributed by atoms with Crippen LogP contribution in [0.1, 0.15) is 24.2 Å². The molecule has 0 aliphatic heterocycles. The number of anilines is 3. The van der Waals surface area contributed by atoms with Gasteiger partial charge in [-0.3, -0.25) is 4.79 Å². The zero-order chi connectivity index (χ0) is 24.9. The normalized spacial score (nSPS) is 12.3. The lowest BCUT2D eigenvalue weighted by Gasteiger charge is -2.20. The molecular weight excluding hydrogens is 451 g/mol. The zero-order valence-corrected chi connectivity index (χ0v) is 18.4. The Morgan fingerprint density at radius 3 is 2.50 bits per heavy atom. The SMILES string of the molecule is CC(C)[C@H](CO)Nc1nc(NC(=O)c2cccc(N)c2)cc(-c2cccc(OC(F)(F)F)c2)n1. The van der Waals surface area contributed by atoms with E-state index in [9.17, 15) is 23.1 Å². The number of nitrogens with two attached hydrogens (primary N) is 1. The summed E-state index contributed by atoms with van der Waals surface area (Å²) >= 11 is 0. The zero-order valence-electron chi connectivity index (χ0n) is 18.4. The molecule has 180 valence electrons. The molecule has 0 fully saturated rings. The summed E-state index contributed by atoms with van der Waals surface area (Å²) in [5.74, 6) is -0.706. The molecule has 0 spiro atoms. The topological polar surface area (TPSA) is 122 Å². The van der Waals surface area contributed by atoms with Gasteiger partial charge in [0.2, 0.25) is 5.95 Å². The summed E-state index contributed by atoms with van der Waals surface area (Å²) in [6.45, 7) is 3.57. The first-order valence-corrected chi connectivity index (χ1v) is 10.3. The van der Waals surface area contributed by atoms with Crippen LogP contribution in [0.15, 0.2) is 54.6 Å². The molecule has 1 aromatic heterocycles. The number of hydrogen-bond donors (Lipinski definition) is 4. The van der Waals surface area contributed by atoms with Gasteiger partial charge in [-0.05, 0) is 36.2 Å². The van der Waals surface area contributed by atoms with Gasteiger partial charge in [0.15, 0.2) is 0 Å². The Kier molecular flexibility index (Phi) is 7.57. The van der Waals surface area contributed by atoms with Crippen LogP contribution in [0.25, 0.3) is 11.3 Å². The highest BCUT2D eigenvalue weighted by Gasteiger charge is 2.31. The number of nitrogens with one attached hydrogen (secondary N) is 2. The van der Waals surface area contributed by atoms with E-state index in [4.69, 9.17) is 5.73 Å². The standard InChI is InChI=1S/C23H24F3N5O3/c1-13(2)19(12-32)29-22-28-18(14-5-4-8-17(10-14)34-23(24,25)26)11-20(31-22)30-21(33)15-6-3-7-16(27)9-15/h3-11,13,19,32H,12,27H2,1-2H3,(H2,28,29,30,31,33)/t19-/m0/s1. The van der Waals surface area contributed by atoms with E-state index in [1.165, 1.54) is 30.3 Å². The fourth-order valence-corrected chi connectivity index (χ4v) is 3.03. The number of ether oxygens (including phenoxy) is 1. The second-order valence-corrected chi connectivity index (χ2v) is 7.79. The molecule has 0 aliphatic carbocycles. The van der Waals surface area contributed by atoms with Gasteiger partial charge in [0.25, 0.3) is 5.91 Å². The number of alkyl halides is 3. The molecule has 1 atom stereocenters. The summed E-state index contributed by atoms with van der Waals surface area (Å²) in [7, 11) is 0. The van der Waals surface area contributed by atoms with Gasteiger partial charge in [-0.15, -0.1) is 13.2 Å². The van der Waals surface area contributed by atoms with E-state index in [0.717, 1.165) is 0 Å². The maximum Gasteiger partial charge on any atom is 0.573 e. The number of hydrogen-bond acceptors (Lipinski definition) is 7. The lowest BCUT2D eigenvalue weighted by Crippen LogP contribution is -2.30. The maximum absolute atomic E-state index is 12.7. The van der Waals surface area contributed by atoms with Crippen LogP contribution in [0.5, 0.6) is 5.75 Å². The van der Waals surface area contributed by atoms with Crippen molar-refractivity contribution in [1.29, 1.82) is 0 Å². The van der Waals surface area contributed by atoms with Crippen molar-refractivity contribution >= 4 is 23.4 Å². The van der Waals surface area contributed by atoms with Gasteiger partial charge in [-0.1, -0.05) is 32.0 Å². The monoisotopic (exact) mass is 475 g/mol. The smallest absolute Gasteiger partial charge is 0.406 e. The molecule has 1 heterocycles. The summed E-state index contributed by atoms with van der Waals surface area (Å²) in [6, 6.07) is 12.6. The van der Waals surface area contributed by atoms with Crippen LogP contribution >= 0.6 is 0 Å². The Bertz CT molecular complexity index is 1150. The molecule has 0 saturated carbocycles. The van der Waals surface area contributed by atoms with Gasteiger partial charge < -0.3 is 26.2 Å². The predicted molar refractivity (Wildman–Crippen MR) is 122 cm³/mol. The number of rotatable bonds is 8. The number of carbonyl (C=O) groups excluding carboxylic acids is 1. The number of nitrogen functional groups attached to an aromatic ring is 1. The van der Waals surface area contributed by atoms with Crippen molar-refractivity contribution < 1.29 is 27.8 Å². The van der Waals surface area contributed by atoms with E-state index in [0.29, 0.717) is 16.8 Å². The molecule has 0 aliphatic rings. The van der Waals surface area contributed by atoms with Crippen molar-refractivity contribution in [2.45, 2.75) is 26.3 Å². The van der Waals surface area contributed by atoms with Crippen LogP contribution in [-0.4, -0.2) is 40.0 Å². The number of nitrogens with zero attached hydrogens (tertiary/aromatic N) is 2. The minimum atomic E-state index is -4.85. The Labute approximate surface area is 194 Å². The third-order valence-corrected chi connectivity index (χ3v) is 4.80. The Morgan fingerprint density at radius 2 is 1.85 bits per heavy atom. The number of carbonyl (C=O) groups is 1. The van der Waals surface area contributed by atoms with Gasteiger partial charge >= 0.3 is 6.36 Å². The van der Waals surface area contributed by atoms with Crippen LogP contribution < -0.4 is 21.1 Å². The van der Waals surface area contributed by atoms with Crippen LogP contribution in [-0.2, 0) is 0 Å². The predicted octanol–water partition coefficient (Wildman–Crippen LogP) is 4.31. The minimum absolute atomic E-state index is 0.0195. The van der Waals surface area contributed by atoms with E-state index in [-0.39, 0.29) is 30.0 Å². The third-order valence-electron chi connectivity index (χ3n) is 4.80. The van der Waals surface area contributed by atoms with Crippen molar-refractivity contribution in [2.24, 2.45) is 5.92 Å². The molecular formula is C23H24F3N5O3. The van der Waals surface area contributed by atoms with Crippen molar-refractivity contribution in [3.05, 3.63) is 60.2 Å². The summed E-state index contributed by atoms with van der Waals surface area (Å²) in [4.78, 5) is 21.3. The Morgan fingerprint density at radius 1 is 1.12 bits per heavy atom. The minimum Gasteiger partial charge on any atom is -0.406 e. The Balaban J connectivity index is 1.99. The number of halogens is 3. The quantitative estimate of drug-likeness (QED) is 0.358. The molecule has 1 amide bonds. The van der Waals surface area contributed by atoms with E-state index < -0.39 is 24.1 Å². The average Bonchev–Trinajstić information content (AvgIpc) is 2.76. The fraction of sp³-hybridized carbons (Fsp3) is 0.261. The summed E-state index contributed by atoms with van der Waals surface area (Å²) in [5, 5.41) is 15.3. The van der Waals surface area contributed by atoms with Crippen molar-refractivity contribution in [3.63, 3.8) is 0 Å². The van der Waals surface area contributed by atoms with Gasteiger partial charge in [0.1, 0.15) is 11.6 Å². The largest absolute Gasteiger partial charge is 0.573 e. The Hall–Kier alpha value is -3.86. The first-order chi connectivity index (χ1) is 16.0. The van der Waals surface area contributed by atoms with Crippen LogP contribution in [0, 0.1) is 5.92 Å². The molecule has 0 saturated heterocycles. The molecule has 3 aromatic rings. The summed E-state index contributed by atoms with van der Waals surface area (Å²) in [6.07, 6.45) is -4.85. The maximum atomic E-state index is 12.7. The first kappa shape index (κ1) is 24.8. The molecule has 0 bridgehead atoms. The molecule has 0 radical (unpaired) electrons. The number of aliphatic hydroxyl groups is 1. The van der Waals surface area contributed by atoms with Crippen LogP contribution in [0.2, 0.25) is 0 Å². The number of benzene rings is 2. The van der Waals surface area contributed by atoms with Crippen molar-refractivity contribution in [3.8, 4) is 17.0 Å². The first-order valence-electron chi connectivity index (χ1n) is 10.3. The second kappa shape index (κ2) is 10.4.